The predicted molar refractivity (Wildman–Crippen MR) is 104 cm³/mol. The van der Waals surface area contributed by atoms with Gasteiger partial charge in [-0.1, -0.05) is 30.3 Å². The first-order valence-corrected chi connectivity index (χ1v) is 9.82. The maximum atomic E-state index is 12.6. The van der Waals surface area contributed by atoms with Gasteiger partial charge < -0.3 is 19.5 Å². The fourth-order valence-corrected chi connectivity index (χ4v) is 4.30. The second kappa shape index (κ2) is 8.28. The number of rotatable bonds is 5. The first-order chi connectivity index (χ1) is 13.2. The molecule has 2 aromatic rings. The van der Waals surface area contributed by atoms with Gasteiger partial charge in [0.2, 0.25) is 5.91 Å². The second-order valence-electron chi connectivity index (χ2n) is 7.36. The molecule has 1 amide bonds. The molecule has 0 spiro atoms. The van der Waals surface area contributed by atoms with Crippen LogP contribution in [-0.4, -0.2) is 44.5 Å². The molecule has 5 nitrogen and oxygen atoms in total. The van der Waals surface area contributed by atoms with Crippen LogP contribution < -0.4 is 10.1 Å². The van der Waals surface area contributed by atoms with Gasteiger partial charge in [0.1, 0.15) is 5.75 Å². The van der Waals surface area contributed by atoms with Crippen molar-refractivity contribution in [1.29, 1.82) is 0 Å². The Morgan fingerprint density at radius 1 is 1.11 bits per heavy atom. The number of carbonyl (C=O) groups is 1. The number of ether oxygens (including phenoxy) is 3. The van der Waals surface area contributed by atoms with Crippen LogP contribution in [0.5, 0.6) is 5.75 Å². The zero-order valence-electron chi connectivity index (χ0n) is 15.8. The molecule has 3 unspecified atom stereocenters. The lowest BCUT2D eigenvalue weighted by atomic mass is 9.89. The van der Waals surface area contributed by atoms with Crippen molar-refractivity contribution >= 4 is 16.7 Å². The zero-order chi connectivity index (χ0) is 18.6. The van der Waals surface area contributed by atoms with Crippen LogP contribution in [0.2, 0.25) is 0 Å². The number of nitrogens with one attached hydrogen (secondary N) is 1. The Morgan fingerprint density at radius 3 is 2.78 bits per heavy atom. The summed E-state index contributed by atoms with van der Waals surface area (Å²) in [5.74, 6) is 0.930. The van der Waals surface area contributed by atoms with E-state index in [0.29, 0.717) is 26.1 Å². The molecule has 3 atom stereocenters. The number of amides is 1. The van der Waals surface area contributed by atoms with Crippen molar-refractivity contribution < 1.29 is 19.0 Å². The average Bonchev–Trinajstić information content (AvgIpc) is 2.71. The summed E-state index contributed by atoms with van der Waals surface area (Å²) < 4.78 is 17.1. The van der Waals surface area contributed by atoms with Crippen LogP contribution in [0.1, 0.15) is 31.2 Å². The highest BCUT2D eigenvalue weighted by Gasteiger charge is 2.34. The van der Waals surface area contributed by atoms with Gasteiger partial charge in [0.25, 0.3) is 0 Å². The molecule has 1 saturated carbocycles. The molecule has 1 N–H and O–H groups in total. The highest BCUT2D eigenvalue weighted by atomic mass is 16.6. The molecule has 2 aliphatic rings. The van der Waals surface area contributed by atoms with E-state index in [2.05, 4.69) is 23.5 Å². The molecular weight excluding hydrogens is 342 g/mol. The van der Waals surface area contributed by atoms with Crippen LogP contribution in [0.3, 0.4) is 0 Å². The maximum Gasteiger partial charge on any atom is 0.220 e. The second-order valence-corrected chi connectivity index (χ2v) is 7.36. The quantitative estimate of drug-likeness (QED) is 0.879. The van der Waals surface area contributed by atoms with Gasteiger partial charge in [0.05, 0.1) is 32.5 Å². The Bertz CT molecular complexity index is 806. The van der Waals surface area contributed by atoms with Gasteiger partial charge in [-0.3, -0.25) is 4.79 Å². The summed E-state index contributed by atoms with van der Waals surface area (Å²) in [6.45, 7) is 1.34. The molecular formula is C22H27NO4. The summed E-state index contributed by atoms with van der Waals surface area (Å²) in [6.07, 6.45) is 4.18. The summed E-state index contributed by atoms with van der Waals surface area (Å²) in [6, 6.07) is 12.4. The standard InChI is InChI=1S/C22H27NO4/c1-25-19-9-6-15-4-2-3-5-17(15)18(19)8-11-22(24)23-16-7-10-20-21(14-16)27-13-12-26-20/h2-6,9,16,20-21H,7-8,10-14H2,1H3,(H,23,24). The molecule has 1 aliphatic heterocycles. The minimum Gasteiger partial charge on any atom is -0.496 e. The van der Waals surface area contributed by atoms with Crippen molar-refractivity contribution in [3.8, 4) is 5.75 Å². The van der Waals surface area contributed by atoms with Gasteiger partial charge in [0, 0.05) is 18.0 Å². The van der Waals surface area contributed by atoms with Crippen LogP contribution in [0.4, 0.5) is 0 Å². The zero-order valence-corrected chi connectivity index (χ0v) is 15.8. The lowest BCUT2D eigenvalue weighted by molar-refractivity contribution is -0.158. The van der Waals surface area contributed by atoms with Crippen molar-refractivity contribution in [3.63, 3.8) is 0 Å². The Labute approximate surface area is 160 Å². The molecule has 1 saturated heterocycles. The third kappa shape index (κ3) is 4.09. The smallest absolute Gasteiger partial charge is 0.220 e. The Hall–Kier alpha value is -2.11. The summed E-state index contributed by atoms with van der Waals surface area (Å²) in [5.41, 5.74) is 1.10. The third-order valence-electron chi connectivity index (χ3n) is 5.66. The average molecular weight is 369 g/mol. The van der Waals surface area contributed by atoms with Crippen molar-refractivity contribution in [1.82, 2.24) is 5.32 Å². The number of carbonyl (C=O) groups excluding carboxylic acids is 1. The monoisotopic (exact) mass is 369 g/mol. The van der Waals surface area contributed by atoms with Gasteiger partial charge in [-0.15, -0.1) is 0 Å². The largest absolute Gasteiger partial charge is 0.496 e. The molecule has 0 bridgehead atoms. The third-order valence-corrected chi connectivity index (χ3v) is 5.66. The number of fused-ring (bicyclic) bond motifs is 2. The van der Waals surface area contributed by atoms with Crippen molar-refractivity contribution in [2.24, 2.45) is 0 Å². The van der Waals surface area contributed by atoms with Crippen molar-refractivity contribution in [3.05, 3.63) is 42.0 Å². The molecule has 144 valence electrons. The molecule has 4 rings (SSSR count). The minimum atomic E-state index is 0.0881. The van der Waals surface area contributed by atoms with Crippen molar-refractivity contribution in [2.75, 3.05) is 20.3 Å². The van der Waals surface area contributed by atoms with Gasteiger partial charge in [-0.25, -0.2) is 0 Å². The molecule has 2 fully saturated rings. The molecule has 27 heavy (non-hydrogen) atoms. The Kier molecular flexibility index (Phi) is 5.60. The highest BCUT2D eigenvalue weighted by Crippen LogP contribution is 2.30. The summed E-state index contributed by atoms with van der Waals surface area (Å²) in [7, 11) is 1.68. The van der Waals surface area contributed by atoms with E-state index in [1.54, 1.807) is 7.11 Å². The molecule has 0 radical (unpaired) electrons. The topological polar surface area (TPSA) is 56.8 Å². The van der Waals surface area contributed by atoms with Gasteiger partial charge in [-0.05, 0) is 42.5 Å². The molecule has 1 heterocycles. The lowest BCUT2D eigenvalue weighted by Gasteiger charge is -2.39. The van der Waals surface area contributed by atoms with E-state index in [9.17, 15) is 4.79 Å². The number of benzene rings is 2. The van der Waals surface area contributed by atoms with E-state index in [0.717, 1.165) is 36.0 Å². The van der Waals surface area contributed by atoms with Crippen LogP contribution in [-0.2, 0) is 20.7 Å². The maximum absolute atomic E-state index is 12.6. The van der Waals surface area contributed by atoms with Crippen LogP contribution in [0.25, 0.3) is 10.8 Å². The van der Waals surface area contributed by atoms with E-state index < -0.39 is 0 Å². The summed E-state index contributed by atoms with van der Waals surface area (Å²) in [4.78, 5) is 12.6. The molecule has 1 aliphatic carbocycles. The number of hydrogen-bond donors (Lipinski definition) is 1. The fraction of sp³-hybridized carbons (Fsp3) is 0.500. The Morgan fingerprint density at radius 2 is 1.93 bits per heavy atom. The normalized spacial score (nSPS) is 25.0. The summed E-state index contributed by atoms with van der Waals surface area (Å²) in [5, 5.41) is 5.51. The SMILES string of the molecule is COc1ccc2ccccc2c1CCC(=O)NC1CCC2OCCOC2C1. The highest BCUT2D eigenvalue weighted by molar-refractivity contribution is 5.88. The van der Waals surface area contributed by atoms with E-state index in [1.165, 1.54) is 5.39 Å². The van der Waals surface area contributed by atoms with E-state index >= 15 is 0 Å². The van der Waals surface area contributed by atoms with Crippen LogP contribution in [0, 0.1) is 0 Å². The lowest BCUT2D eigenvalue weighted by Crippen LogP contribution is -2.49. The summed E-state index contributed by atoms with van der Waals surface area (Å²) >= 11 is 0. The van der Waals surface area contributed by atoms with E-state index in [4.69, 9.17) is 14.2 Å². The predicted octanol–water partition coefficient (Wildman–Crippen LogP) is 3.23. The molecule has 5 heteroatoms. The van der Waals surface area contributed by atoms with Gasteiger partial charge >= 0.3 is 0 Å². The fourth-order valence-electron chi connectivity index (χ4n) is 4.30. The number of methoxy groups -OCH3 is 1. The Balaban J connectivity index is 1.37. The molecule has 0 aromatic heterocycles. The van der Waals surface area contributed by atoms with Crippen LogP contribution in [0.15, 0.2) is 36.4 Å². The van der Waals surface area contributed by atoms with Gasteiger partial charge in [-0.2, -0.15) is 0 Å². The number of aryl methyl sites for hydroxylation is 1. The first-order valence-electron chi connectivity index (χ1n) is 9.82. The van der Waals surface area contributed by atoms with Crippen LogP contribution >= 0.6 is 0 Å². The molecule has 2 aromatic carbocycles. The van der Waals surface area contributed by atoms with E-state index in [-0.39, 0.29) is 24.2 Å². The minimum absolute atomic E-state index is 0.0881. The first kappa shape index (κ1) is 18.3. The number of hydrogen-bond acceptors (Lipinski definition) is 4. The van der Waals surface area contributed by atoms with Gasteiger partial charge in [0.15, 0.2) is 0 Å². The van der Waals surface area contributed by atoms with Crippen molar-refractivity contribution in [2.45, 2.75) is 50.4 Å². The van der Waals surface area contributed by atoms with E-state index in [1.807, 2.05) is 18.2 Å².